The fourth-order valence-electron chi connectivity index (χ4n) is 3.08. The van der Waals surface area contributed by atoms with E-state index in [1.807, 2.05) is 43.3 Å². The molecule has 1 aromatic carbocycles. The standard InChI is InChI=1S/C17H22N4O2/c1-13-11-15(23-19-13)12-20-7-9-21(10-8-20)16(17(18)22)14-5-3-2-4-6-14/h2-6,11,16H,7-10,12H2,1H3,(H2,18,22)/t16-/m1/s1. The predicted molar refractivity (Wildman–Crippen MR) is 86.5 cm³/mol. The maximum Gasteiger partial charge on any atom is 0.239 e. The summed E-state index contributed by atoms with van der Waals surface area (Å²) in [5, 5.41) is 3.91. The quantitative estimate of drug-likeness (QED) is 0.901. The summed E-state index contributed by atoms with van der Waals surface area (Å²) in [6, 6.07) is 11.3. The van der Waals surface area contributed by atoms with Gasteiger partial charge in [-0.3, -0.25) is 14.6 Å². The summed E-state index contributed by atoms with van der Waals surface area (Å²) in [6.45, 7) is 6.02. The molecule has 6 heteroatoms. The second-order valence-electron chi connectivity index (χ2n) is 5.96. The molecule has 2 aromatic rings. The lowest BCUT2D eigenvalue weighted by atomic mass is 10.0. The minimum atomic E-state index is -0.356. The Morgan fingerprint density at radius 1 is 1.26 bits per heavy atom. The average Bonchev–Trinajstić information content (AvgIpc) is 2.95. The summed E-state index contributed by atoms with van der Waals surface area (Å²) in [6.07, 6.45) is 0. The van der Waals surface area contributed by atoms with Crippen molar-refractivity contribution in [2.75, 3.05) is 26.2 Å². The molecule has 0 radical (unpaired) electrons. The normalized spacial score (nSPS) is 18.0. The van der Waals surface area contributed by atoms with Crippen molar-refractivity contribution in [3.05, 3.63) is 53.4 Å². The van der Waals surface area contributed by atoms with Crippen molar-refractivity contribution >= 4 is 5.91 Å². The molecule has 1 amide bonds. The van der Waals surface area contributed by atoms with E-state index in [2.05, 4.69) is 15.0 Å². The van der Waals surface area contributed by atoms with Crippen LogP contribution < -0.4 is 5.73 Å². The number of rotatable bonds is 5. The summed E-state index contributed by atoms with van der Waals surface area (Å²) in [4.78, 5) is 16.4. The number of hydrogen-bond acceptors (Lipinski definition) is 5. The highest BCUT2D eigenvalue weighted by molar-refractivity contribution is 5.81. The van der Waals surface area contributed by atoms with Crippen LogP contribution in [0.1, 0.15) is 23.1 Å². The van der Waals surface area contributed by atoms with Crippen LogP contribution in [0.3, 0.4) is 0 Å². The fourth-order valence-corrected chi connectivity index (χ4v) is 3.08. The number of carbonyl (C=O) groups excluding carboxylic acids is 1. The lowest BCUT2D eigenvalue weighted by molar-refractivity contribution is -0.124. The van der Waals surface area contributed by atoms with Crippen molar-refractivity contribution in [3.63, 3.8) is 0 Å². The second-order valence-corrected chi connectivity index (χ2v) is 5.96. The number of amides is 1. The molecule has 122 valence electrons. The topological polar surface area (TPSA) is 75.6 Å². The largest absolute Gasteiger partial charge is 0.368 e. The number of hydrogen-bond donors (Lipinski definition) is 1. The van der Waals surface area contributed by atoms with Crippen LogP contribution >= 0.6 is 0 Å². The van der Waals surface area contributed by atoms with Crippen molar-refractivity contribution in [2.24, 2.45) is 5.73 Å². The molecule has 6 nitrogen and oxygen atoms in total. The molecule has 1 fully saturated rings. The number of aryl methyl sites for hydroxylation is 1. The van der Waals surface area contributed by atoms with Gasteiger partial charge in [0.1, 0.15) is 6.04 Å². The van der Waals surface area contributed by atoms with Gasteiger partial charge in [-0.25, -0.2) is 0 Å². The third kappa shape index (κ3) is 3.78. The molecule has 23 heavy (non-hydrogen) atoms. The molecule has 0 spiro atoms. The number of nitrogens with two attached hydrogens (primary N) is 1. The van der Waals surface area contributed by atoms with E-state index in [0.29, 0.717) is 0 Å². The number of aromatic nitrogens is 1. The molecule has 1 aliphatic heterocycles. The number of carbonyl (C=O) groups is 1. The molecular weight excluding hydrogens is 292 g/mol. The second kappa shape index (κ2) is 6.93. The van der Waals surface area contributed by atoms with E-state index in [0.717, 1.165) is 49.7 Å². The van der Waals surface area contributed by atoms with E-state index in [1.165, 1.54) is 0 Å². The Morgan fingerprint density at radius 2 is 1.96 bits per heavy atom. The first-order chi connectivity index (χ1) is 11.1. The van der Waals surface area contributed by atoms with E-state index in [9.17, 15) is 4.79 Å². The SMILES string of the molecule is Cc1cc(CN2CCN([C@@H](C(N)=O)c3ccccc3)CC2)on1. The van der Waals surface area contributed by atoms with Crippen LogP contribution in [0.5, 0.6) is 0 Å². The summed E-state index contributed by atoms with van der Waals surface area (Å²) in [7, 11) is 0. The first kappa shape index (κ1) is 15.7. The van der Waals surface area contributed by atoms with Crippen molar-refractivity contribution < 1.29 is 9.32 Å². The van der Waals surface area contributed by atoms with Gasteiger partial charge in [-0.1, -0.05) is 35.5 Å². The molecule has 2 heterocycles. The molecular formula is C17H22N4O2. The maximum atomic E-state index is 11.9. The average molecular weight is 314 g/mol. The Labute approximate surface area is 135 Å². The van der Waals surface area contributed by atoms with Gasteiger partial charge in [-0.15, -0.1) is 0 Å². The van der Waals surface area contributed by atoms with Crippen LogP contribution in [-0.2, 0) is 11.3 Å². The number of primary amides is 1. The minimum Gasteiger partial charge on any atom is -0.368 e. The summed E-state index contributed by atoms with van der Waals surface area (Å²) in [5.74, 6) is 0.584. The van der Waals surface area contributed by atoms with Gasteiger partial charge in [-0.05, 0) is 12.5 Å². The number of benzene rings is 1. The van der Waals surface area contributed by atoms with E-state index in [1.54, 1.807) is 0 Å². The Bertz CT molecular complexity index is 648. The lowest BCUT2D eigenvalue weighted by Crippen LogP contribution is -2.49. The molecule has 0 aliphatic carbocycles. The van der Waals surface area contributed by atoms with Gasteiger partial charge in [-0.2, -0.15) is 0 Å². The van der Waals surface area contributed by atoms with Gasteiger partial charge in [0, 0.05) is 32.2 Å². The van der Waals surface area contributed by atoms with Crippen molar-refractivity contribution in [2.45, 2.75) is 19.5 Å². The third-order valence-corrected chi connectivity index (χ3v) is 4.21. The molecule has 0 saturated carbocycles. The van der Waals surface area contributed by atoms with Crippen molar-refractivity contribution in [3.8, 4) is 0 Å². The van der Waals surface area contributed by atoms with Gasteiger partial charge in [0.2, 0.25) is 5.91 Å². The molecule has 3 rings (SSSR count). The van der Waals surface area contributed by atoms with E-state index >= 15 is 0 Å². The summed E-state index contributed by atoms with van der Waals surface area (Å²) >= 11 is 0. The van der Waals surface area contributed by atoms with Crippen LogP contribution in [0.15, 0.2) is 40.9 Å². The maximum absolute atomic E-state index is 11.9. The monoisotopic (exact) mass is 314 g/mol. The van der Waals surface area contributed by atoms with Crippen molar-refractivity contribution in [1.29, 1.82) is 0 Å². The van der Waals surface area contributed by atoms with Crippen LogP contribution in [-0.4, -0.2) is 47.0 Å². The summed E-state index contributed by atoms with van der Waals surface area (Å²) < 4.78 is 5.27. The lowest BCUT2D eigenvalue weighted by Gasteiger charge is -2.37. The highest BCUT2D eigenvalue weighted by Crippen LogP contribution is 2.22. The fraction of sp³-hybridized carbons (Fsp3) is 0.412. The number of nitrogens with zero attached hydrogens (tertiary/aromatic N) is 3. The Balaban J connectivity index is 1.61. The van der Waals surface area contributed by atoms with Gasteiger partial charge < -0.3 is 10.3 Å². The van der Waals surface area contributed by atoms with Gasteiger partial charge in [0.05, 0.1) is 12.2 Å². The van der Waals surface area contributed by atoms with Crippen LogP contribution in [0.25, 0.3) is 0 Å². The van der Waals surface area contributed by atoms with E-state index in [4.69, 9.17) is 10.3 Å². The van der Waals surface area contributed by atoms with Gasteiger partial charge >= 0.3 is 0 Å². The molecule has 1 aromatic heterocycles. The molecule has 2 N–H and O–H groups in total. The third-order valence-electron chi connectivity index (χ3n) is 4.21. The van der Waals surface area contributed by atoms with E-state index < -0.39 is 0 Å². The zero-order valence-corrected chi connectivity index (χ0v) is 13.3. The van der Waals surface area contributed by atoms with E-state index in [-0.39, 0.29) is 11.9 Å². The van der Waals surface area contributed by atoms with Gasteiger partial charge in [0.25, 0.3) is 0 Å². The predicted octanol–water partition coefficient (Wildman–Crippen LogP) is 1.33. The Morgan fingerprint density at radius 3 is 2.52 bits per heavy atom. The Hall–Kier alpha value is -2.18. The minimum absolute atomic E-state index is 0.296. The smallest absolute Gasteiger partial charge is 0.239 e. The highest BCUT2D eigenvalue weighted by atomic mass is 16.5. The number of piperazine rings is 1. The highest BCUT2D eigenvalue weighted by Gasteiger charge is 2.29. The first-order valence-electron chi connectivity index (χ1n) is 7.86. The van der Waals surface area contributed by atoms with Gasteiger partial charge in [0.15, 0.2) is 5.76 Å². The molecule has 1 atom stereocenters. The molecule has 0 bridgehead atoms. The van der Waals surface area contributed by atoms with Crippen LogP contribution in [0, 0.1) is 6.92 Å². The molecule has 1 saturated heterocycles. The molecule has 1 aliphatic rings. The van der Waals surface area contributed by atoms with Crippen molar-refractivity contribution in [1.82, 2.24) is 15.0 Å². The van der Waals surface area contributed by atoms with Crippen LogP contribution in [0.2, 0.25) is 0 Å². The van der Waals surface area contributed by atoms with Crippen LogP contribution in [0.4, 0.5) is 0 Å². The molecule has 0 unspecified atom stereocenters. The zero-order chi connectivity index (χ0) is 16.2. The first-order valence-corrected chi connectivity index (χ1v) is 7.86. The summed E-state index contributed by atoms with van der Waals surface area (Å²) in [5.41, 5.74) is 7.50. The Kier molecular flexibility index (Phi) is 4.73. The zero-order valence-electron chi connectivity index (χ0n) is 13.3.